The van der Waals surface area contributed by atoms with Crippen molar-refractivity contribution in [1.82, 2.24) is 4.90 Å². The van der Waals surface area contributed by atoms with Gasteiger partial charge < -0.3 is 14.8 Å². The first-order chi connectivity index (χ1) is 14.3. The van der Waals surface area contributed by atoms with Crippen molar-refractivity contribution in [2.75, 3.05) is 11.9 Å². The number of halogens is 2. The molecule has 0 spiro atoms. The van der Waals surface area contributed by atoms with Gasteiger partial charge in [-0.3, -0.25) is 19.3 Å². The number of carbonyl (C=O) groups is 4. The molecular weight excluding hydrogens is 402 g/mol. The second kappa shape index (κ2) is 9.02. The van der Waals surface area contributed by atoms with Gasteiger partial charge in [0.2, 0.25) is 11.8 Å². The van der Waals surface area contributed by atoms with Crippen molar-refractivity contribution >= 4 is 29.4 Å². The van der Waals surface area contributed by atoms with Crippen LogP contribution in [0.1, 0.15) is 19.8 Å². The molecule has 1 aromatic carbocycles. The van der Waals surface area contributed by atoms with E-state index < -0.39 is 54.8 Å². The average molecular weight is 422 g/mol. The third-order valence-corrected chi connectivity index (χ3v) is 4.99. The molecular formula is C20H20F2N2O6. The molecule has 1 aliphatic carbocycles. The number of nitrogens with zero attached hydrogens (tertiary/aromatic N) is 1. The first-order valence-electron chi connectivity index (χ1n) is 9.31. The van der Waals surface area contributed by atoms with Gasteiger partial charge in [-0.15, -0.1) is 0 Å². The highest BCUT2D eigenvalue weighted by atomic mass is 19.3. The number of benzene rings is 1. The third-order valence-electron chi connectivity index (χ3n) is 4.99. The number of fused-ring (bicyclic) bond motifs is 1. The van der Waals surface area contributed by atoms with E-state index in [1.54, 1.807) is 0 Å². The van der Waals surface area contributed by atoms with E-state index >= 15 is 0 Å². The molecule has 1 saturated heterocycles. The average Bonchev–Trinajstić information content (AvgIpc) is 2.97. The molecule has 3 atom stereocenters. The van der Waals surface area contributed by atoms with E-state index in [0.29, 0.717) is 12.8 Å². The molecule has 3 amide bonds. The molecule has 0 aromatic heterocycles. The lowest BCUT2D eigenvalue weighted by Crippen LogP contribution is -2.45. The Hall–Kier alpha value is -3.30. The summed E-state index contributed by atoms with van der Waals surface area (Å²) in [6.45, 7) is -2.44. The first kappa shape index (κ1) is 21.4. The van der Waals surface area contributed by atoms with Crippen LogP contribution < -0.4 is 10.1 Å². The fraction of sp³-hybridized carbons (Fsp3) is 0.400. The lowest BCUT2D eigenvalue weighted by molar-refractivity contribution is -0.159. The van der Waals surface area contributed by atoms with Crippen LogP contribution in [0.3, 0.4) is 0 Å². The molecule has 10 heteroatoms. The normalized spacial score (nSPS) is 21.4. The predicted molar refractivity (Wildman–Crippen MR) is 99.3 cm³/mol. The minimum Gasteiger partial charge on any atom is -0.454 e. The SMILES string of the molecule is C[C@@H](C(=O)OCC(=O)Nc1ccccc1OC(F)F)N1C(=O)C2CC=CCC2C1=O. The Balaban J connectivity index is 1.56. The van der Waals surface area contributed by atoms with E-state index in [4.69, 9.17) is 4.74 Å². The molecule has 1 aromatic rings. The molecule has 0 bridgehead atoms. The van der Waals surface area contributed by atoms with Crippen LogP contribution >= 0.6 is 0 Å². The van der Waals surface area contributed by atoms with E-state index in [9.17, 15) is 28.0 Å². The first-order valence-corrected chi connectivity index (χ1v) is 9.31. The van der Waals surface area contributed by atoms with E-state index in [1.807, 2.05) is 12.2 Å². The number of amides is 3. The molecule has 2 unspecified atom stereocenters. The number of hydrogen-bond donors (Lipinski definition) is 1. The van der Waals surface area contributed by atoms with Crippen molar-refractivity contribution in [2.24, 2.45) is 11.8 Å². The zero-order valence-electron chi connectivity index (χ0n) is 16.0. The van der Waals surface area contributed by atoms with Gasteiger partial charge in [0.1, 0.15) is 11.8 Å². The van der Waals surface area contributed by atoms with Crippen molar-refractivity contribution < 1.29 is 37.4 Å². The molecule has 0 saturated carbocycles. The summed E-state index contributed by atoms with van der Waals surface area (Å²) in [6, 6.07) is 4.36. The van der Waals surface area contributed by atoms with Gasteiger partial charge in [0, 0.05) is 0 Å². The van der Waals surface area contributed by atoms with Crippen molar-refractivity contribution in [1.29, 1.82) is 0 Å². The van der Waals surface area contributed by atoms with Crippen LogP contribution in [0.2, 0.25) is 0 Å². The van der Waals surface area contributed by atoms with E-state index in [-0.39, 0.29) is 11.4 Å². The third kappa shape index (κ3) is 4.47. The maximum atomic E-state index is 12.5. The molecule has 1 fully saturated rings. The largest absolute Gasteiger partial charge is 0.454 e. The number of anilines is 1. The van der Waals surface area contributed by atoms with Crippen LogP contribution in [0.25, 0.3) is 0 Å². The van der Waals surface area contributed by atoms with Gasteiger partial charge in [-0.1, -0.05) is 24.3 Å². The summed E-state index contributed by atoms with van der Waals surface area (Å²) in [4.78, 5) is 50.3. The van der Waals surface area contributed by atoms with Crippen molar-refractivity contribution in [3.63, 3.8) is 0 Å². The number of alkyl halides is 2. The van der Waals surface area contributed by atoms with Crippen LogP contribution in [0.4, 0.5) is 14.5 Å². The second-order valence-corrected chi connectivity index (χ2v) is 6.91. The van der Waals surface area contributed by atoms with E-state index in [2.05, 4.69) is 10.1 Å². The number of imide groups is 1. The van der Waals surface area contributed by atoms with Gasteiger partial charge in [0.05, 0.1) is 17.5 Å². The Labute approximate surface area is 170 Å². The fourth-order valence-corrected chi connectivity index (χ4v) is 3.53. The zero-order valence-corrected chi connectivity index (χ0v) is 16.0. The summed E-state index contributed by atoms with van der Waals surface area (Å²) in [6.07, 6.45) is 4.55. The molecule has 1 aliphatic heterocycles. The molecule has 30 heavy (non-hydrogen) atoms. The number of ether oxygens (including phenoxy) is 2. The monoisotopic (exact) mass is 422 g/mol. The van der Waals surface area contributed by atoms with Crippen LogP contribution in [0, 0.1) is 11.8 Å². The Kier molecular flexibility index (Phi) is 6.43. The minimum atomic E-state index is -3.07. The standard InChI is InChI=1S/C20H20F2N2O6/c1-11(24-17(26)12-6-2-3-7-13(12)18(24)27)19(28)29-10-16(25)23-14-8-4-5-9-15(14)30-20(21)22/h2-5,8-9,11-13,20H,6-7,10H2,1H3,(H,23,25)/t11-,12?,13?/m0/s1. The van der Waals surface area contributed by atoms with Crippen molar-refractivity contribution in [3.8, 4) is 5.75 Å². The van der Waals surface area contributed by atoms with Gasteiger partial charge >= 0.3 is 12.6 Å². The lowest BCUT2D eigenvalue weighted by atomic mass is 9.85. The summed E-state index contributed by atoms with van der Waals surface area (Å²) < 4.78 is 34.1. The Morgan fingerprint density at radius 2 is 1.73 bits per heavy atom. The molecule has 2 aliphatic rings. The number of rotatable bonds is 7. The number of likely N-dealkylation sites (tertiary alicyclic amines) is 1. The summed E-state index contributed by atoms with van der Waals surface area (Å²) in [5.41, 5.74) is -0.0200. The summed E-state index contributed by atoms with van der Waals surface area (Å²) >= 11 is 0. The predicted octanol–water partition coefficient (Wildman–Crippen LogP) is 2.11. The summed E-state index contributed by atoms with van der Waals surface area (Å²) in [5, 5.41) is 2.31. The molecule has 3 rings (SSSR count). The molecule has 1 N–H and O–H groups in total. The number of esters is 1. The van der Waals surface area contributed by atoms with Crippen molar-refractivity contribution in [2.45, 2.75) is 32.4 Å². The quantitative estimate of drug-likeness (QED) is 0.410. The highest BCUT2D eigenvalue weighted by Gasteiger charge is 2.50. The Morgan fingerprint density at radius 3 is 2.33 bits per heavy atom. The molecule has 1 heterocycles. The highest BCUT2D eigenvalue weighted by molar-refractivity contribution is 6.08. The number of para-hydroxylation sites is 2. The van der Waals surface area contributed by atoms with Crippen LogP contribution in [0.15, 0.2) is 36.4 Å². The maximum absolute atomic E-state index is 12.5. The summed E-state index contributed by atoms with van der Waals surface area (Å²) in [5.74, 6) is -3.78. The van der Waals surface area contributed by atoms with Gasteiger partial charge in [-0.2, -0.15) is 8.78 Å². The van der Waals surface area contributed by atoms with Gasteiger partial charge in [0.15, 0.2) is 6.61 Å². The number of nitrogens with one attached hydrogen (secondary N) is 1. The smallest absolute Gasteiger partial charge is 0.387 e. The molecule has 160 valence electrons. The van der Waals surface area contributed by atoms with Gasteiger partial charge in [-0.25, -0.2) is 4.79 Å². The number of carbonyl (C=O) groups excluding carboxylic acids is 4. The fourth-order valence-electron chi connectivity index (χ4n) is 3.53. The maximum Gasteiger partial charge on any atom is 0.387 e. The minimum absolute atomic E-state index is 0.0200. The van der Waals surface area contributed by atoms with E-state index in [1.165, 1.54) is 31.2 Å². The molecule has 8 nitrogen and oxygen atoms in total. The second-order valence-electron chi connectivity index (χ2n) is 6.91. The topological polar surface area (TPSA) is 102 Å². The summed E-state index contributed by atoms with van der Waals surface area (Å²) in [7, 11) is 0. The lowest BCUT2D eigenvalue weighted by Gasteiger charge is -2.21. The highest BCUT2D eigenvalue weighted by Crippen LogP contribution is 2.36. The van der Waals surface area contributed by atoms with E-state index in [0.717, 1.165) is 4.90 Å². The van der Waals surface area contributed by atoms with Gasteiger partial charge in [-0.05, 0) is 31.9 Å². The Morgan fingerprint density at radius 1 is 1.13 bits per heavy atom. The van der Waals surface area contributed by atoms with Gasteiger partial charge in [0.25, 0.3) is 5.91 Å². The van der Waals surface area contributed by atoms with Crippen LogP contribution in [-0.4, -0.2) is 47.9 Å². The molecule has 0 radical (unpaired) electrons. The van der Waals surface area contributed by atoms with Crippen LogP contribution in [-0.2, 0) is 23.9 Å². The number of allylic oxidation sites excluding steroid dienone is 2. The Bertz CT molecular complexity index is 862. The van der Waals surface area contributed by atoms with Crippen molar-refractivity contribution in [3.05, 3.63) is 36.4 Å². The number of hydrogen-bond acceptors (Lipinski definition) is 6. The zero-order chi connectivity index (χ0) is 21.8. The van der Waals surface area contributed by atoms with Crippen LogP contribution in [0.5, 0.6) is 5.75 Å².